The summed E-state index contributed by atoms with van der Waals surface area (Å²) in [6.07, 6.45) is -0.0735. The topological polar surface area (TPSA) is 38.8 Å². The van der Waals surface area contributed by atoms with E-state index in [9.17, 15) is 4.79 Å². The highest BCUT2D eigenvalue weighted by molar-refractivity contribution is 6.21. The summed E-state index contributed by atoms with van der Waals surface area (Å²) in [6.45, 7) is 1.63. The highest BCUT2D eigenvalue weighted by Gasteiger charge is 2.37. The summed E-state index contributed by atoms with van der Waals surface area (Å²) in [5.41, 5.74) is -0.246. The molecule has 1 saturated heterocycles. The van der Waals surface area contributed by atoms with Crippen LogP contribution in [0.3, 0.4) is 0 Å². The molecule has 0 amide bonds. The molecule has 1 fully saturated rings. The van der Waals surface area contributed by atoms with Gasteiger partial charge < -0.3 is 9.47 Å². The Kier molecular flexibility index (Phi) is 1.93. The van der Waals surface area contributed by atoms with E-state index in [1.54, 1.807) is 0 Å². The molecule has 2 unspecified atom stereocenters. The minimum Gasteiger partial charge on any atom is -0.463 e. The smallest absolute Gasteiger partial charge is 0.302 e. The van der Waals surface area contributed by atoms with E-state index in [1.165, 1.54) is 6.92 Å². The van der Waals surface area contributed by atoms with Crippen molar-refractivity contribution >= 4 is 17.6 Å². The molecule has 1 rings (SSSR count). The zero-order valence-corrected chi connectivity index (χ0v) is 5.72. The molecular weight excluding hydrogens is 144 g/mol. The van der Waals surface area contributed by atoms with E-state index in [1.807, 2.05) is 0 Å². The molecule has 0 radical (unpaired) electrons. The Hall–Kier alpha value is -0.280. The van der Waals surface area contributed by atoms with Crippen molar-refractivity contribution in [2.24, 2.45) is 0 Å². The van der Waals surface area contributed by atoms with Crippen molar-refractivity contribution in [3.8, 4) is 0 Å². The molecule has 0 bridgehead atoms. The quantitative estimate of drug-likeness (QED) is 0.327. The summed E-state index contributed by atoms with van der Waals surface area (Å²) >= 11 is 5.42. The van der Waals surface area contributed by atoms with Crippen LogP contribution in [0.2, 0.25) is 0 Å². The number of carbonyl (C=O) groups excluding carboxylic acids is 1. The van der Waals surface area contributed by atoms with E-state index in [0.29, 0.717) is 0 Å². The van der Waals surface area contributed by atoms with Gasteiger partial charge in [-0.05, 0) is 0 Å². The Morgan fingerprint density at radius 1 is 1.89 bits per heavy atom. The average molecular weight is 151 g/mol. The first kappa shape index (κ1) is 6.83. The maximum atomic E-state index is 10.2. The lowest BCUT2D eigenvalue weighted by molar-refractivity contribution is -0.141. The van der Waals surface area contributed by atoms with Crippen LogP contribution in [0.4, 0.5) is 0 Å². The average Bonchev–Trinajstić information content (AvgIpc) is 2.42. The van der Waals surface area contributed by atoms with Gasteiger partial charge in [0.05, 0.1) is 0 Å². The number of halogens is 1. The van der Waals surface area contributed by atoms with Gasteiger partial charge in [-0.15, -0.1) is 0 Å². The third-order valence-corrected chi connectivity index (χ3v) is 1.36. The van der Waals surface area contributed by atoms with Crippen molar-refractivity contribution in [1.82, 2.24) is 0 Å². The summed E-state index contributed by atoms with van der Waals surface area (Å²) in [5.74, 6) is -0.297. The second-order valence-corrected chi connectivity index (χ2v) is 2.26. The van der Waals surface area contributed by atoms with Crippen LogP contribution >= 0.6 is 11.6 Å². The first-order valence-corrected chi connectivity index (χ1v) is 3.06. The molecule has 4 heteroatoms. The maximum absolute atomic E-state index is 10.2. The first-order chi connectivity index (χ1) is 4.20. The fourth-order valence-electron chi connectivity index (χ4n) is 0.436. The summed E-state index contributed by atoms with van der Waals surface area (Å²) < 4.78 is 9.34. The van der Waals surface area contributed by atoms with Crippen LogP contribution in [0.25, 0.3) is 0 Å². The Morgan fingerprint density at radius 3 is 2.78 bits per heavy atom. The molecule has 0 aliphatic carbocycles. The highest BCUT2D eigenvalue weighted by atomic mass is 35.5. The van der Waals surface area contributed by atoms with E-state index in [-0.39, 0.29) is 24.2 Å². The maximum Gasteiger partial charge on any atom is 0.302 e. The molecule has 0 aromatic carbocycles. The Morgan fingerprint density at radius 2 is 2.44 bits per heavy atom. The lowest BCUT2D eigenvalue weighted by atomic mass is 10.5. The molecule has 0 spiro atoms. The number of esters is 1. The normalized spacial score (nSPS) is 31.8. The van der Waals surface area contributed by atoms with E-state index in [2.05, 4.69) is 4.74 Å². The molecule has 0 N–H and O–H groups in total. The van der Waals surface area contributed by atoms with Gasteiger partial charge >= 0.3 is 5.97 Å². The molecule has 1 aliphatic rings. The summed E-state index contributed by atoms with van der Waals surface area (Å²) in [4.78, 5) is 10.2. The van der Waals surface area contributed by atoms with Crippen molar-refractivity contribution in [3.63, 3.8) is 0 Å². The van der Waals surface area contributed by atoms with E-state index in [4.69, 9.17) is 16.3 Å². The Labute approximate surface area is 57.9 Å². The van der Waals surface area contributed by atoms with Crippen LogP contribution in [-0.2, 0) is 14.3 Å². The number of rotatable bonds is 2. The summed E-state index contributed by atoms with van der Waals surface area (Å²) in [7, 11) is 0. The molecule has 0 saturated carbocycles. The van der Waals surface area contributed by atoms with Gasteiger partial charge in [0.2, 0.25) is 0 Å². The second-order valence-electron chi connectivity index (χ2n) is 1.83. The number of hydrogen-bond donors (Lipinski definition) is 0. The highest BCUT2D eigenvalue weighted by Crippen LogP contribution is 2.25. The molecule has 1 aliphatic heterocycles. The third kappa shape index (κ3) is 2.20. The van der Waals surface area contributed by atoms with Gasteiger partial charge in [-0.3, -0.25) is 4.79 Å². The minimum absolute atomic E-state index is 0.0735. The largest absolute Gasteiger partial charge is 0.463 e. The van der Waals surface area contributed by atoms with Crippen LogP contribution in [0.15, 0.2) is 0 Å². The standard InChI is InChI=1S/C5H7ClO3/c1-3(7)8-2-4-5(6)9-4/h4-5H,2H2,1H3. The van der Waals surface area contributed by atoms with Crippen molar-refractivity contribution < 1.29 is 14.3 Å². The van der Waals surface area contributed by atoms with Crippen LogP contribution < -0.4 is 0 Å². The summed E-state index contributed by atoms with van der Waals surface area (Å²) in [6, 6.07) is 0. The van der Waals surface area contributed by atoms with Crippen LogP contribution in [0.1, 0.15) is 6.92 Å². The van der Waals surface area contributed by atoms with Crippen molar-refractivity contribution in [2.75, 3.05) is 6.61 Å². The Balaban J connectivity index is 2.00. The zero-order chi connectivity index (χ0) is 6.85. The van der Waals surface area contributed by atoms with Gasteiger partial charge in [0.25, 0.3) is 0 Å². The van der Waals surface area contributed by atoms with Gasteiger partial charge in [-0.25, -0.2) is 0 Å². The molecule has 0 aromatic rings. The predicted molar refractivity (Wildman–Crippen MR) is 31.1 cm³/mol. The predicted octanol–water partition coefficient (Wildman–Crippen LogP) is 0.513. The number of ether oxygens (including phenoxy) is 2. The van der Waals surface area contributed by atoms with Crippen molar-refractivity contribution in [3.05, 3.63) is 0 Å². The fraction of sp³-hybridized carbons (Fsp3) is 0.800. The molecule has 0 aromatic heterocycles. The minimum atomic E-state index is -0.297. The number of hydrogen-bond acceptors (Lipinski definition) is 3. The first-order valence-electron chi connectivity index (χ1n) is 2.63. The lowest BCUT2D eigenvalue weighted by Crippen LogP contribution is -2.06. The molecular formula is C5H7ClO3. The van der Waals surface area contributed by atoms with Crippen LogP contribution in [0.5, 0.6) is 0 Å². The molecule has 1 heterocycles. The SMILES string of the molecule is CC(=O)OCC1OC1Cl. The van der Waals surface area contributed by atoms with Gasteiger partial charge in [0, 0.05) is 6.92 Å². The Bertz CT molecular complexity index is 125. The number of alkyl halides is 1. The third-order valence-electron chi connectivity index (χ3n) is 0.971. The van der Waals surface area contributed by atoms with Gasteiger partial charge in [0.15, 0.2) is 5.56 Å². The monoisotopic (exact) mass is 150 g/mol. The molecule has 3 nitrogen and oxygen atoms in total. The van der Waals surface area contributed by atoms with Gasteiger partial charge in [-0.1, -0.05) is 11.6 Å². The number of epoxide rings is 1. The van der Waals surface area contributed by atoms with E-state index in [0.717, 1.165) is 0 Å². The molecule has 9 heavy (non-hydrogen) atoms. The van der Waals surface area contributed by atoms with Crippen LogP contribution in [-0.4, -0.2) is 24.2 Å². The van der Waals surface area contributed by atoms with Gasteiger partial charge in [-0.2, -0.15) is 0 Å². The molecule has 52 valence electrons. The number of carbonyl (C=O) groups is 1. The van der Waals surface area contributed by atoms with Crippen molar-refractivity contribution in [2.45, 2.75) is 18.6 Å². The molecule has 2 atom stereocenters. The summed E-state index contributed by atoms with van der Waals surface area (Å²) in [5, 5.41) is 0. The van der Waals surface area contributed by atoms with E-state index < -0.39 is 0 Å². The lowest BCUT2D eigenvalue weighted by Gasteiger charge is -1.94. The van der Waals surface area contributed by atoms with E-state index >= 15 is 0 Å². The van der Waals surface area contributed by atoms with Crippen LogP contribution in [0, 0.1) is 0 Å². The second kappa shape index (κ2) is 2.54. The fourth-order valence-corrected chi connectivity index (χ4v) is 0.641. The van der Waals surface area contributed by atoms with Crippen molar-refractivity contribution in [1.29, 1.82) is 0 Å². The van der Waals surface area contributed by atoms with Gasteiger partial charge in [0.1, 0.15) is 12.7 Å². The zero-order valence-electron chi connectivity index (χ0n) is 4.96.